The first-order valence-corrected chi connectivity index (χ1v) is 19.4. The van der Waals surface area contributed by atoms with Crippen molar-refractivity contribution >= 4 is 11.9 Å². The van der Waals surface area contributed by atoms with Gasteiger partial charge in [0.2, 0.25) is 0 Å². The van der Waals surface area contributed by atoms with E-state index < -0.39 is 35.5 Å². The van der Waals surface area contributed by atoms with Crippen molar-refractivity contribution in [1.82, 2.24) is 10.6 Å². The van der Waals surface area contributed by atoms with Crippen LogP contribution in [0.25, 0.3) is 0 Å². The molecule has 4 N–H and O–H groups in total. The van der Waals surface area contributed by atoms with E-state index in [1.54, 1.807) is 24.3 Å². The van der Waals surface area contributed by atoms with Gasteiger partial charge in [-0.3, -0.25) is 0 Å². The monoisotopic (exact) mass is 705 g/mol. The lowest BCUT2D eigenvalue weighted by Crippen LogP contribution is -2.62. The molecule has 1 fully saturated rings. The average Bonchev–Trinajstić information content (AvgIpc) is 3.15. The zero-order chi connectivity index (χ0) is 37.3. The van der Waals surface area contributed by atoms with E-state index in [9.17, 15) is 9.59 Å². The summed E-state index contributed by atoms with van der Waals surface area (Å²) in [5, 5.41) is 7.67. The normalized spacial score (nSPS) is 24.5. The molecule has 0 bridgehead atoms. The molecule has 278 valence electrons. The molecule has 2 aliphatic rings. The summed E-state index contributed by atoms with van der Waals surface area (Å²) < 4.78 is 13.4. The smallest absolute Gasteiger partial charge is 0.338 e. The molecule has 1 saturated carbocycles. The van der Waals surface area contributed by atoms with E-state index in [4.69, 9.17) is 15.2 Å². The van der Waals surface area contributed by atoms with E-state index in [0.717, 1.165) is 79.7 Å². The lowest BCUT2D eigenvalue weighted by atomic mass is 9.50. The van der Waals surface area contributed by atoms with E-state index in [2.05, 4.69) is 82.5 Å². The first kappa shape index (κ1) is 38.9. The number of rotatable bonds is 16. The summed E-state index contributed by atoms with van der Waals surface area (Å²) in [4.78, 5) is 28.3. The number of benzene rings is 3. The number of esters is 2. The van der Waals surface area contributed by atoms with Crippen LogP contribution in [0.1, 0.15) is 123 Å². The summed E-state index contributed by atoms with van der Waals surface area (Å²) >= 11 is 0. The van der Waals surface area contributed by atoms with Crippen molar-refractivity contribution in [3.8, 4) is 0 Å². The Bertz CT molecular complexity index is 1700. The Morgan fingerprint density at radius 1 is 0.769 bits per heavy atom. The number of carbonyl (C=O) groups is 2. The number of fused-ring (bicyclic) bond motifs is 1. The highest BCUT2D eigenvalue weighted by molar-refractivity contribution is 5.90. The van der Waals surface area contributed by atoms with Crippen molar-refractivity contribution in [2.75, 3.05) is 13.1 Å². The van der Waals surface area contributed by atoms with Crippen molar-refractivity contribution in [1.29, 1.82) is 0 Å². The highest BCUT2D eigenvalue weighted by atomic mass is 16.6. The Kier molecular flexibility index (Phi) is 13.4. The largest absolute Gasteiger partial charge is 0.454 e. The van der Waals surface area contributed by atoms with Gasteiger partial charge in [-0.25, -0.2) is 9.59 Å². The number of ether oxygens (including phenoxy) is 2. The zero-order valence-electron chi connectivity index (χ0n) is 32.0. The van der Waals surface area contributed by atoms with E-state index in [-0.39, 0.29) is 17.9 Å². The van der Waals surface area contributed by atoms with Crippen LogP contribution in [0.4, 0.5) is 0 Å². The van der Waals surface area contributed by atoms with E-state index >= 15 is 0 Å². The number of carbonyl (C=O) groups excluding carboxylic acids is 2. The summed E-state index contributed by atoms with van der Waals surface area (Å²) in [6.07, 6.45) is 8.73. The summed E-state index contributed by atoms with van der Waals surface area (Å²) in [6.45, 7) is 14.8. The standard InChI is InChI=1S/C45H59N3O4/c1-7-10-28-47-36-26-27-37(48-29-11-8-2)45(6)31(5)41(51-43(49)32-21-14-12-15-22-32)42(52-44(50)33-23-16-13-17-24-33)39(40(36)45)38-30(4)20-18-25-34(38)35(46)19-9-3/h12-18,20-27,31,35,39-42,47-48H,7-11,19,28-29,46H2,1-6H3. The minimum absolute atomic E-state index is 0.164. The molecule has 3 aromatic rings. The lowest BCUT2D eigenvalue weighted by molar-refractivity contribution is -0.128. The maximum Gasteiger partial charge on any atom is 0.338 e. The summed E-state index contributed by atoms with van der Waals surface area (Å²) in [5.41, 5.74) is 12.8. The molecule has 52 heavy (non-hydrogen) atoms. The van der Waals surface area contributed by atoms with Crippen LogP contribution in [0.3, 0.4) is 0 Å². The van der Waals surface area contributed by atoms with Crippen molar-refractivity contribution < 1.29 is 19.1 Å². The zero-order valence-corrected chi connectivity index (χ0v) is 32.0. The average molecular weight is 706 g/mol. The topological polar surface area (TPSA) is 103 Å². The minimum Gasteiger partial charge on any atom is -0.454 e. The van der Waals surface area contributed by atoms with Crippen LogP contribution < -0.4 is 16.4 Å². The van der Waals surface area contributed by atoms with Gasteiger partial charge < -0.3 is 25.8 Å². The third-order valence-corrected chi connectivity index (χ3v) is 11.4. The van der Waals surface area contributed by atoms with Gasteiger partial charge in [-0.1, -0.05) is 108 Å². The van der Waals surface area contributed by atoms with Crippen LogP contribution in [0.15, 0.2) is 102 Å². The molecular weight excluding hydrogens is 647 g/mol. The molecule has 7 nitrogen and oxygen atoms in total. The van der Waals surface area contributed by atoms with Crippen molar-refractivity contribution in [2.45, 2.75) is 104 Å². The molecule has 0 amide bonds. The van der Waals surface area contributed by atoms with Crippen LogP contribution >= 0.6 is 0 Å². The molecule has 7 unspecified atom stereocenters. The summed E-state index contributed by atoms with van der Waals surface area (Å²) in [5.74, 6) is -1.72. The number of nitrogens with one attached hydrogen (secondary N) is 2. The van der Waals surface area contributed by atoms with Crippen LogP contribution in [-0.2, 0) is 9.47 Å². The summed E-state index contributed by atoms with van der Waals surface area (Å²) in [6, 6.07) is 24.3. The van der Waals surface area contributed by atoms with Crippen LogP contribution in [0.5, 0.6) is 0 Å². The van der Waals surface area contributed by atoms with E-state index in [0.29, 0.717) is 11.1 Å². The Morgan fingerprint density at radius 3 is 1.92 bits per heavy atom. The van der Waals surface area contributed by atoms with Crippen molar-refractivity contribution in [3.05, 3.63) is 130 Å². The Morgan fingerprint density at radius 2 is 1.35 bits per heavy atom. The molecular formula is C45H59N3O4. The van der Waals surface area contributed by atoms with Gasteiger partial charge in [0.05, 0.1) is 11.1 Å². The lowest BCUT2D eigenvalue weighted by Gasteiger charge is -2.58. The van der Waals surface area contributed by atoms with Gasteiger partial charge in [-0.2, -0.15) is 0 Å². The van der Waals surface area contributed by atoms with Gasteiger partial charge in [0, 0.05) is 53.7 Å². The number of hydrogen-bond donors (Lipinski definition) is 3. The Balaban J connectivity index is 1.78. The SMILES string of the molecule is CCCCNC1=CC=C(NCCCC)C2(C)C(C)C(OC(=O)c3ccccc3)C(OC(=O)c3ccccc3)C(c3c(C)cccc3C(N)CCC)C12. The number of allylic oxidation sites excluding steroid dienone is 4. The van der Waals surface area contributed by atoms with Crippen LogP contribution in [0, 0.1) is 24.2 Å². The van der Waals surface area contributed by atoms with Gasteiger partial charge in [-0.15, -0.1) is 0 Å². The predicted octanol–water partition coefficient (Wildman–Crippen LogP) is 9.16. The number of unbranched alkanes of at least 4 members (excludes halogenated alkanes) is 2. The molecule has 0 spiro atoms. The molecule has 7 atom stereocenters. The highest BCUT2D eigenvalue weighted by Crippen LogP contribution is 2.61. The number of hydrogen-bond acceptors (Lipinski definition) is 7. The second kappa shape index (κ2) is 17.9. The van der Waals surface area contributed by atoms with Crippen LogP contribution in [-0.4, -0.2) is 37.2 Å². The number of nitrogens with two attached hydrogens (primary N) is 1. The second-order valence-electron chi connectivity index (χ2n) is 14.8. The predicted molar refractivity (Wildman–Crippen MR) is 210 cm³/mol. The Hall–Kier alpha value is -4.36. The maximum absolute atomic E-state index is 14.2. The minimum atomic E-state index is -0.825. The molecule has 0 heterocycles. The molecule has 0 radical (unpaired) electrons. The highest BCUT2D eigenvalue weighted by Gasteiger charge is 2.62. The van der Waals surface area contributed by atoms with Crippen LogP contribution in [0.2, 0.25) is 0 Å². The first-order chi connectivity index (χ1) is 25.2. The van der Waals surface area contributed by atoms with Gasteiger partial charge >= 0.3 is 11.9 Å². The second-order valence-corrected chi connectivity index (χ2v) is 14.8. The third kappa shape index (κ3) is 8.15. The van der Waals surface area contributed by atoms with Crippen molar-refractivity contribution in [3.63, 3.8) is 0 Å². The molecule has 0 aliphatic heterocycles. The van der Waals surface area contributed by atoms with Gasteiger partial charge in [0.1, 0.15) is 12.2 Å². The fourth-order valence-corrected chi connectivity index (χ4v) is 8.41. The molecule has 3 aromatic carbocycles. The molecule has 5 rings (SSSR count). The molecule has 0 saturated heterocycles. The number of aryl methyl sites for hydroxylation is 1. The van der Waals surface area contributed by atoms with Gasteiger partial charge in [0.25, 0.3) is 0 Å². The third-order valence-electron chi connectivity index (χ3n) is 11.4. The molecule has 0 aromatic heterocycles. The quantitative estimate of drug-likeness (QED) is 0.101. The van der Waals surface area contributed by atoms with Gasteiger partial charge in [0.15, 0.2) is 0 Å². The maximum atomic E-state index is 14.2. The Labute approximate surface area is 311 Å². The van der Waals surface area contributed by atoms with Gasteiger partial charge in [-0.05, 0) is 79.3 Å². The molecule has 7 heteroatoms. The van der Waals surface area contributed by atoms with E-state index in [1.165, 1.54) is 0 Å². The fourth-order valence-electron chi connectivity index (χ4n) is 8.41. The summed E-state index contributed by atoms with van der Waals surface area (Å²) in [7, 11) is 0. The molecule has 2 aliphatic carbocycles. The van der Waals surface area contributed by atoms with E-state index in [1.807, 2.05) is 36.4 Å². The van der Waals surface area contributed by atoms with Crippen molar-refractivity contribution in [2.24, 2.45) is 23.0 Å². The first-order valence-electron chi connectivity index (χ1n) is 19.4. The fraction of sp³-hybridized carbons (Fsp3) is 0.467.